The summed E-state index contributed by atoms with van der Waals surface area (Å²) in [4.78, 5) is 40.2. The van der Waals surface area contributed by atoms with E-state index in [1.54, 1.807) is 17.7 Å². The van der Waals surface area contributed by atoms with Crippen LogP contribution in [0.2, 0.25) is 0 Å². The molecule has 1 saturated heterocycles. The number of carboxylic acids is 1. The lowest BCUT2D eigenvalue weighted by Crippen LogP contribution is -2.69. The highest BCUT2D eigenvalue weighted by Crippen LogP contribution is 2.43. The summed E-state index contributed by atoms with van der Waals surface area (Å²) in [5.41, 5.74) is 0.752. The van der Waals surface area contributed by atoms with Crippen molar-refractivity contribution in [3.63, 3.8) is 0 Å². The van der Waals surface area contributed by atoms with Gasteiger partial charge in [0.25, 0.3) is 5.91 Å². The van der Waals surface area contributed by atoms with Crippen LogP contribution in [0, 0.1) is 0 Å². The van der Waals surface area contributed by atoms with Crippen LogP contribution in [0.1, 0.15) is 5.69 Å². The monoisotopic (exact) mass is 363 g/mol. The average molecular weight is 363 g/mol. The van der Waals surface area contributed by atoms with Gasteiger partial charge in [-0.05, 0) is 23.6 Å². The smallest absolute Gasteiger partial charge is 0.353 e. The molecule has 1 unspecified atom stereocenters. The van der Waals surface area contributed by atoms with Gasteiger partial charge < -0.3 is 10.4 Å². The van der Waals surface area contributed by atoms with Crippen LogP contribution < -0.4 is 5.32 Å². The number of carbonyl (C=O) groups excluding carboxylic acids is 2. The number of nitrogens with zero attached hydrogens (tertiary/aromatic N) is 2. The Balaban J connectivity index is 1.78. The molecule has 0 aliphatic carbocycles. The molecule has 3 heterocycles. The molecule has 24 heavy (non-hydrogen) atoms. The van der Waals surface area contributed by atoms with Gasteiger partial charge in [0.05, 0.1) is 5.69 Å². The fraction of sp³-hybridized carbons (Fsp3) is 0.200. The molecule has 0 aromatic carbocycles. The van der Waals surface area contributed by atoms with E-state index in [0.29, 0.717) is 17.1 Å². The normalized spacial score (nSPS) is 23.0. The minimum absolute atomic E-state index is 0.0108. The Morgan fingerprint density at radius 3 is 3.00 bits per heavy atom. The van der Waals surface area contributed by atoms with Gasteiger partial charge >= 0.3 is 5.97 Å². The van der Waals surface area contributed by atoms with Gasteiger partial charge in [-0.15, -0.1) is 11.8 Å². The predicted molar refractivity (Wildman–Crippen MR) is 91.6 cm³/mol. The largest absolute Gasteiger partial charge is 0.477 e. The van der Waals surface area contributed by atoms with Gasteiger partial charge in [-0.3, -0.25) is 19.5 Å². The number of nitrogens with one attached hydrogen (secondary N) is 1. The van der Waals surface area contributed by atoms with Crippen LogP contribution in [0.4, 0.5) is 0 Å². The topological polar surface area (TPSA) is 99.6 Å². The summed E-state index contributed by atoms with van der Waals surface area (Å²) in [7, 11) is 0. The number of rotatable bonds is 6. The summed E-state index contributed by atoms with van der Waals surface area (Å²) in [5.74, 6) is -1.08. The predicted octanol–water partition coefficient (Wildman–Crippen LogP) is 1.11. The lowest BCUT2D eigenvalue weighted by Gasteiger charge is -2.48. The molecule has 1 aromatic heterocycles. The fourth-order valence-corrected chi connectivity index (χ4v) is 4.79. The SMILES string of the molecule is O=CNC1C(=O)N2C(C(=O)O)=C(S/C=C/c3ccccn3)CS[C@@H]12. The molecule has 3 rings (SSSR count). The summed E-state index contributed by atoms with van der Waals surface area (Å²) in [6, 6.07) is 4.85. The number of hydrogen-bond donors (Lipinski definition) is 2. The minimum atomic E-state index is -1.15. The molecule has 0 spiro atoms. The Hall–Kier alpha value is -2.26. The summed E-state index contributed by atoms with van der Waals surface area (Å²) in [6.07, 6.45) is 3.92. The first-order chi connectivity index (χ1) is 11.6. The number of thioether (sulfide) groups is 2. The van der Waals surface area contributed by atoms with Crippen molar-refractivity contribution in [1.29, 1.82) is 0 Å². The van der Waals surface area contributed by atoms with Crippen LogP contribution in [0.25, 0.3) is 6.08 Å². The fourth-order valence-electron chi connectivity index (χ4n) is 2.44. The van der Waals surface area contributed by atoms with Crippen LogP contribution in [0.15, 0.2) is 40.4 Å². The summed E-state index contributed by atoms with van der Waals surface area (Å²) >= 11 is 2.69. The molecule has 2 atom stereocenters. The van der Waals surface area contributed by atoms with Crippen LogP contribution >= 0.6 is 23.5 Å². The van der Waals surface area contributed by atoms with Crippen molar-refractivity contribution in [3.8, 4) is 0 Å². The first-order valence-corrected chi connectivity index (χ1v) is 8.91. The van der Waals surface area contributed by atoms with E-state index in [1.807, 2.05) is 18.2 Å². The number of aliphatic carboxylic acids is 1. The van der Waals surface area contributed by atoms with Crippen molar-refractivity contribution < 1.29 is 19.5 Å². The van der Waals surface area contributed by atoms with E-state index in [-0.39, 0.29) is 11.1 Å². The summed E-state index contributed by atoms with van der Waals surface area (Å²) in [5, 5.41) is 13.3. The van der Waals surface area contributed by atoms with E-state index >= 15 is 0 Å². The Labute approximate surface area is 146 Å². The average Bonchev–Trinajstić information content (AvgIpc) is 2.59. The van der Waals surface area contributed by atoms with Crippen molar-refractivity contribution in [1.82, 2.24) is 15.2 Å². The molecule has 2 aliphatic rings. The Morgan fingerprint density at radius 2 is 2.33 bits per heavy atom. The van der Waals surface area contributed by atoms with Crippen molar-refractivity contribution in [2.75, 3.05) is 5.75 Å². The Bertz CT molecular complexity index is 735. The van der Waals surface area contributed by atoms with E-state index in [1.165, 1.54) is 28.4 Å². The first-order valence-electron chi connectivity index (χ1n) is 6.98. The molecular formula is C15H13N3O4S2. The Kier molecular flexibility index (Phi) is 4.91. The molecule has 124 valence electrons. The minimum Gasteiger partial charge on any atom is -0.477 e. The third kappa shape index (κ3) is 3.04. The van der Waals surface area contributed by atoms with Crippen LogP contribution in [-0.4, -0.2) is 50.4 Å². The zero-order valence-corrected chi connectivity index (χ0v) is 13.9. The second kappa shape index (κ2) is 7.10. The second-order valence-corrected chi connectivity index (χ2v) is 7.03. The number of β-lactam (4-membered cyclic amide) rings is 1. The standard InChI is InChI=1S/C15H13N3O4S2/c19-8-17-11-13(20)18-12(15(21)22)10(7-24-14(11)18)23-6-4-9-3-1-2-5-16-9/h1-6,8,11,14H,7H2,(H,17,19)(H,21,22)/b6-4+/t11?,14-/m0/s1. The molecule has 2 N–H and O–H groups in total. The maximum atomic E-state index is 12.1. The van der Waals surface area contributed by atoms with E-state index in [9.17, 15) is 19.5 Å². The van der Waals surface area contributed by atoms with Crippen LogP contribution in [0.5, 0.6) is 0 Å². The molecule has 0 saturated carbocycles. The van der Waals surface area contributed by atoms with Crippen molar-refractivity contribution in [2.24, 2.45) is 0 Å². The number of carboxylic acid groups (broad SMARTS) is 1. The zero-order chi connectivity index (χ0) is 17.1. The van der Waals surface area contributed by atoms with Gasteiger partial charge in [-0.1, -0.05) is 17.8 Å². The summed E-state index contributed by atoms with van der Waals surface area (Å²) < 4.78 is 0. The quantitative estimate of drug-likeness (QED) is 0.577. The highest BCUT2D eigenvalue weighted by molar-refractivity contribution is 8.08. The van der Waals surface area contributed by atoms with Crippen LogP contribution in [0.3, 0.4) is 0 Å². The molecule has 1 aromatic rings. The molecule has 1 fully saturated rings. The third-order valence-electron chi connectivity index (χ3n) is 3.52. The number of aromatic nitrogens is 1. The number of amides is 2. The van der Waals surface area contributed by atoms with Crippen LogP contribution in [-0.2, 0) is 14.4 Å². The van der Waals surface area contributed by atoms with Crippen molar-refractivity contribution in [2.45, 2.75) is 11.4 Å². The van der Waals surface area contributed by atoms with Gasteiger partial charge in [0.15, 0.2) is 0 Å². The van der Waals surface area contributed by atoms with Gasteiger partial charge in [0.1, 0.15) is 17.1 Å². The van der Waals surface area contributed by atoms with Gasteiger partial charge in [0, 0.05) is 16.9 Å². The molecule has 0 bridgehead atoms. The molecule has 2 amide bonds. The number of fused-ring (bicyclic) bond motifs is 1. The molecule has 7 nitrogen and oxygen atoms in total. The van der Waals surface area contributed by atoms with E-state index in [0.717, 1.165) is 5.69 Å². The first kappa shape index (κ1) is 16.6. The second-order valence-electron chi connectivity index (χ2n) is 4.92. The highest BCUT2D eigenvalue weighted by atomic mass is 32.2. The van der Waals surface area contributed by atoms with Gasteiger partial charge in [0.2, 0.25) is 6.41 Å². The molecule has 2 aliphatic heterocycles. The third-order valence-corrected chi connectivity index (χ3v) is 5.88. The molecule has 0 radical (unpaired) electrons. The van der Waals surface area contributed by atoms with E-state index in [4.69, 9.17) is 0 Å². The lowest BCUT2D eigenvalue weighted by molar-refractivity contribution is -0.149. The van der Waals surface area contributed by atoms with E-state index < -0.39 is 17.9 Å². The number of carbonyl (C=O) groups is 3. The number of hydrogen-bond acceptors (Lipinski definition) is 6. The zero-order valence-electron chi connectivity index (χ0n) is 12.3. The molecule has 9 heteroatoms. The summed E-state index contributed by atoms with van der Waals surface area (Å²) in [6.45, 7) is 0. The maximum absolute atomic E-state index is 12.1. The molecular weight excluding hydrogens is 350 g/mol. The lowest BCUT2D eigenvalue weighted by atomic mass is 10.1. The van der Waals surface area contributed by atoms with Gasteiger partial charge in [-0.25, -0.2) is 4.79 Å². The van der Waals surface area contributed by atoms with Crippen molar-refractivity contribution >= 4 is 47.9 Å². The number of pyridine rings is 1. The maximum Gasteiger partial charge on any atom is 0.353 e. The van der Waals surface area contributed by atoms with Crippen molar-refractivity contribution in [3.05, 3.63) is 46.1 Å². The van der Waals surface area contributed by atoms with Gasteiger partial charge in [-0.2, -0.15) is 0 Å². The Morgan fingerprint density at radius 1 is 1.50 bits per heavy atom. The van der Waals surface area contributed by atoms with E-state index in [2.05, 4.69) is 10.3 Å². The highest BCUT2D eigenvalue weighted by Gasteiger charge is 2.53.